The summed E-state index contributed by atoms with van der Waals surface area (Å²) in [5.41, 5.74) is 1.27. The van der Waals surface area contributed by atoms with E-state index >= 15 is 0 Å². The molecule has 0 unspecified atom stereocenters. The number of rotatable bonds is 6. The highest BCUT2D eigenvalue weighted by Crippen LogP contribution is 2.39. The number of amides is 1. The molecule has 36 heavy (non-hydrogen) atoms. The average molecular weight is 503 g/mol. The number of carbonyl (C=O) groups excluding carboxylic acids is 3. The highest BCUT2D eigenvalue weighted by molar-refractivity contribution is 6.23. The van der Waals surface area contributed by atoms with Crippen molar-refractivity contribution >= 4 is 17.5 Å². The van der Waals surface area contributed by atoms with Crippen LogP contribution in [-0.2, 0) is 20.9 Å². The second-order valence-electron chi connectivity index (χ2n) is 8.57. The Morgan fingerprint density at radius 1 is 1.06 bits per heavy atom. The van der Waals surface area contributed by atoms with Gasteiger partial charge in [-0.05, 0) is 36.3 Å². The van der Waals surface area contributed by atoms with E-state index in [1.807, 2.05) is 11.4 Å². The summed E-state index contributed by atoms with van der Waals surface area (Å²) in [6.45, 7) is 1.72. The Balaban J connectivity index is 1.66. The van der Waals surface area contributed by atoms with Crippen molar-refractivity contribution < 1.29 is 41.8 Å². The first-order valence-corrected chi connectivity index (χ1v) is 11.3. The van der Waals surface area contributed by atoms with Gasteiger partial charge in [0.2, 0.25) is 0 Å². The van der Waals surface area contributed by atoms with E-state index in [0.29, 0.717) is 5.56 Å². The zero-order valence-corrected chi connectivity index (χ0v) is 19.5. The molecule has 1 amide bonds. The predicted molar refractivity (Wildman–Crippen MR) is 122 cm³/mol. The molecule has 0 saturated carbocycles. The minimum atomic E-state index is -5.09. The number of ether oxygens (including phenoxy) is 3. The molecule has 1 heterocycles. The molecule has 7 nitrogen and oxygen atoms in total. The molecule has 2 aliphatic rings. The molecule has 0 bridgehead atoms. The number of hydrogen-bond donors (Lipinski definition) is 1. The molecule has 2 aromatic carbocycles. The number of alkyl halides is 3. The lowest BCUT2D eigenvalue weighted by atomic mass is 9.84. The van der Waals surface area contributed by atoms with E-state index in [-0.39, 0.29) is 29.9 Å². The SMILES string of the molecule is COc1ccc([C@H]2C[C@@H](NC(=O)C(F)(F)F)[C@H](OCc3ccccc3)[C@@H](C)O2)c2c1C(=O)C=CC2=O. The molecule has 1 N–H and O–H groups in total. The fourth-order valence-electron chi connectivity index (χ4n) is 4.56. The van der Waals surface area contributed by atoms with Gasteiger partial charge < -0.3 is 19.5 Å². The maximum Gasteiger partial charge on any atom is 0.471 e. The van der Waals surface area contributed by atoms with Crippen LogP contribution in [0.1, 0.15) is 51.3 Å². The largest absolute Gasteiger partial charge is 0.496 e. The molecular formula is C26H24F3NO6. The van der Waals surface area contributed by atoms with Crippen LogP contribution in [-0.4, -0.2) is 49.0 Å². The van der Waals surface area contributed by atoms with Crippen LogP contribution in [0.5, 0.6) is 5.75 Å². The van der Waals surface area contributed by atoms with E-state index in [1.54, 1.807) is 37.3 Å². The Morgan fingerprint density at radius 2 is 1.72 bits per heavy atom. The van der Waals surface area contributed by atoms with Gasteiger partial charge in [-0.25, -0.2) is 0 Å². The smallest absolute Gasteiger partial charge is 0.471 e. The van der Waals surface area contributed by atoms with E-state index in [9.17, 15) is 27.6 Å². The van der Waals surface area contributed by atoms with E-state index < -0.39 is 48.0 Å². The summed E-state index contributed by atoms with van der Waals surface area (Å²) in [7, 11) is 1.36. The summed E-state index contributed by atoms with van der Waals surface area (Å²) < 4.78 is 56.6. The number of benzene rings is 2. The van der Waals surface area contributed by atoms with E-state index in [1.165, 1.54) is 13.2 Å². The molecule has 10 heteroatoms. The Kier molecular flexibility index (Phi) is 7.28. The van der Waals surface area contributed by atoms with E-state index in [4.69, 9.17) is 14.2 Å². The molecular weight excluding hydrogens is 479 g/mol. The molecule has 0 spiro atoms. The van der Waals surface area contributed by atoms with Crippen LogP contribution in [0, 0.1) is 0 Å². The molecule has 1 aliphatic carbocycles. The standard InChI is InChI=1S/C26H24F3NO6/c1-14-24(35-13-15-6-4-3-5-7-15)17(30-25(33)26(27,28)29)12-21(36-14)16-8-11-20(34-2)23-19(32)10-9-18(31)22(16)23/h3-11,14,17,21,24H,12-13H2,1-2H3,(H,30,33)/t14-,17-,21-,24-/m1/s1. The highest BCUT2D eigenvalue weighted by Gasteiger charge is 2.45. The number of ketones is 2. The fraction of sp³-hybridized carbons (Fsp3) is 0.346. The minimum Gasteiger partial charge on any atom is -0.496 e. The Bertz CT molecular complexity index is 1190. The van der Waals surface area contributed by atoms with Gasteiger partial charge in [0.1, 0.15) is 11.9 Å². The van der Waals surface area contributed by atoms with Crippen molar-refractivity contribution in [2.75, 3.05) is 7.11 Å². The van der Waals surface area contributed by atoms with Crippen molar-refractivity contribution in [3.8, 4) is 5.75 Å². The topological polar surface area (TPSA) is 90.9 Å². The molecule has 1 fully saturated rings. The molecule has 4 atom stereocenters. The van der Waals surface area contributed by atoms with Gasteiger partial charge >= 0.3 is 12.1 Å². The highest BCUT2D eigenvalue weighted by atomic mass is 19.4. The van der Waals surface area contributed by atoms with Crippen LogP contribution in [0.15, 0.2) is 54.6 Å². The van der Waals surface area contributed by atoms with Gasteiger partial charge in [0.15, 0.2) is 11.6 Å². The number of methoxy groups -OCH3 is 1. The molecule has 1 saturated heterocycles. The monoisotopic (exact) mass is 503 g/mol. The average Bonchev–Trinajstić information content (AvgIpc) is 2.85. The van der Waals surface area contributed by atoms with Crippen molar-refractivity contribution in [2.24, 2.45) is 0 Å². The quantitative estimate of drug-likeness (QED) is 0.638. The lowest BCUT2D eigenvalue weighted by Crippen LogP contribution is -2.56. The number of carbonyl (C=O) groups is 3. The zero-order chi connectivity index (χ0) is 26.0. The molecule has 2 aromatic rings. The molecule has 190 valence electrons. The summed E-state index contributed by atoms with van der Waals surface area (Å²) >= 11 is 0. The van der Waals surface area contributed by atoms with Crippen molar-refractivity contribution in [3.63, 3.8) is 0 Å². The van der Waals surface area contributed by atoms with Crippen LogP contribution in [0.2, 0.25) is 0 Å². The van der Waals surface area contributed by atoms with Crippen LogP contribution in [0.25, 0.3) is 0 Å². The molecule has 4 rings (SSSR count). The Hall–Kier alpha value is -3.50. The van der Waals surface area contributed by atoms with E-state index in [2.05, 4.69) is 0 Å². The second-order valence-corrected chi connectivity index (χ2v) is 8.57. The summed E-state index contributed by atoms with van der Waals surface area (Å²) in [5, 5.41) is 2.04. The van der Waals surface area contributed by atoms with Gasteiger partial charge in [-0.2, -0.15) is 13.2 Å². The van der Waals surface area contributed by atoms with Crippen LogP contribution in [0.3, 0.4) is 0 Å². The summed E-state index contributed by atoms with van der Waals surface area (Å²) in [6, 6.07) is 11.0. The number of nitrogens with one attached hydrogen (secondary N) is 1. The number of hydrogen-bond acceptors (Lipinski definition) is 6. The number of fused-ring (bicyclic) bond motifs is 1. The van der Waals surface area contributed by atoms with Crippen molar-refractivity contribution in [2.45, 2.75) is 50.5 Å². The van der Waals surface area contributed by atoms with Crippen molar-refractivity contribution in [1.29, 1.82) is 0 Å². The van der Waals surface area contributed by atoms with Gasteiger partial charge in [0.05, 0.1) is 37.5 Å². The third kappa shape index (κ3) is 5.19. The first-order valence-electron chi connectivity index (χ1n) is 11.3. The predicted octanol–water partition coefficient (Wildman–Crippen LogP) is 4.11. The maximum atomic E-state index is 13.1. The summed E-state index contributed by atoms with van der Waals surface area (Å²) in [6.07, 6.45) is -5.48. The normalized spacial score (nSPS) is 23.8. The number of halogens is 3. The minimum absolute atomic E-state index is 0.0667. The lowest BCUT2D eigenvalue weighted by molar-refractivity contribution is -0.183. The molecule has 1 aliphatic heterocycles. The number of allylic oxidation sites excluding steroid dienone is 2. The second kappa shape index (κ2) is 10.2. The Labute approximate surface area is 205 Å². The van der Waals surface area contributed by atoms with Crippen LogP contribution < -0.4 is 10.1 Å². The van der Waals surface area contributed by atoms with Crippen LogP contribution >= 0.6 is 0 Å². The maximum absolute atomic E-state index is 13.1. The van der Waals surface area contributed by atoms with E-state index in [0.717, 1.165) is 17.7 Å². The third-order valence-electron chi connectivity index (χ3n) is 6.21. The Morgan fingerprint density at radius 3 is 2.36 bits per heavy atom. The van der Waals surface area contributed by atoms with Gasteiger partial charge in [-0.15, -0.1) is 0 Å². The van der Waals surface area contributed by atoms with Gasteiger partial charge in [0.25, 0.3) is 0 Å². The van der Waals surface area contributed by atoms with Gasteiger partial charge in [0, 0.05) is 12.0 Å². The molecule has 0 aromatic heterocycles. The van der Waals surface area contributed by atoms with Crippen molar-refractivity contribution in [3.05, 3.63) is 76.9 Å². The van der Waals surface area contributed by atoms with Crippen LogP contribution in [0.4, 0.5) is 13.2 Å². The van der Waals surface area contributed by atoms with Crippen molar-refractivity contribution in [1.82, 2.24) is 5.32 Å². The first-order chi connectivity index (χ1) is 17.1. The van der Waals surface area contributed by atoms with Gasteiger partial charge in [-0.3, -0.25) is 14.4 Å². The lowest BCUT2D eigenvalue weighted by Gasteiger charge is -2.41. The summed E-state index contributed by atoms with van der Waals surface area (Å²) in [4.78, 5) is 37.2. The summed E-state index contributed by atoms with van der Waals surface area (Å²) in [5.74, 6) is -2.78. The zero-order valence-electron chi connectivity index (χ0n) is 19.5. The third-order valence-corrected chi connectivity index (χ3v) is 6.21. The fourth-order valence-corrected chi connectivity index (χ4v) is 4.56. The molecule has 0 radical (unpaired) electrons. The van der Waals surface area contributed by atoms with Gasteiger partial charge in [-0.1, -0.05) is 36.4 Å². The first kappa shape index (κ1) is 25.6.